The van der Waals surface area contributed by atoms with Gasteiger partial charge in [-0.15, -0.1) is 0 Å². The predicted octanol–water partition coefficient (Wildman–Crippen LogP) is 4.48. The third-order valence-electron chi connectivity index (χ3n) is 6.43. The first-order valence-corrected chi connectivity index (χ1v) is 10.9. The Morgan fingerprint density at radius 1 is 1.06 bits per heavy atom. The Balaban J connectivity index is 1.72. The van der Waals surface area contributed by atoms with Crippen LogP contribution in [0.1, 0.15) is 47.2 Å². The van der Waals surface area contributed by atoms with Crippen molar-refractivity contribution in [1.29, 1.82) is 0 Å². The Kier molecular flexibility index (Phi) is 6.28. The average Bonchev–Trinajstić information content (AvgIpc) is 3.62. The van der Waals surface area contributed by atoms with Crippen molar-refractivity contribution in [1.82, 2.24) is 4.90 Å². The first-order valence-electron chi connectivity index (χ1n) is 10.9. The van der Waals surface area contributed by atoms with Crippen LogP contribution < -0.4 is 0 Å². The number of carbonyl (C=O) groups is 2. The molecule has 6 heteroatoms. The molecule has 1 saturated carbocycles. The van der Waals surface area contributed by atoms with E-state index in [2.05, 4.69) is 0 Å². The van der Waals surface area contributed by atoms with Crippen LogP contribution in [-0.2, 0) is 21.4 Å². The van der Waals surface area contributed by atoms with Crippen molar-refractivity contribution in [2.24, 2.45) is 5.92 Å². The smallest absolute Gasteiger partial charge is 0.408 e. The van der Waals surface area contributed by atoms with E-state index in [-0.39, 0.29) is 6.10 Å². The van der Waals surface area contributed by atoms with Gasteiger partial charge in [0.2, 0.25) is 0 Å². The molecule has 164 valence electrons. The van der Waals surface area contributed by atoms with Gasteiger partial charge in [-0.1, -0.05) is 42.5 Å². The van der Waals surface area contributed by atoms with Crippen LogP contribution in [0.15, 0.2) is 54.6 Å². The number of benzene rings is 2. The van der Waals surface area contributed by atoms with E-state index in [0.29, 0.717) is 37.3 Å². The van der Waals surface area contributed by atoms with Crippen molar-refractivity contribution in [2.45, 2.75) is 43.7 Å². The highest BCUT2D eigenvalue weighted by atomic mass is 16.5. The highest BCUT2D eigenvalue weighted by Gasteiger charge is 2.47. The SMILES string of the molecule is COC(=O)c1ccc([C@]2(Cc3ccccc3)C[C@@H](OCC3CC3)CCN2C(=O)O)cc1. The summed E-state index contributed by atoms with van der Waals surface area (Å²) in [5, 5.41) is 10.1. The zero-order valence-corrected chi connectivity index (χ0v) is 17.8. The number of hydrogen-bond donors (Lipinski definition) is 1. The largest absolute Gasteiger partial charge is 0.465 e. The van der Waals surface area contributed by atoms with Gasteiger partial charge in [0.1, 0.15) is 0 Å². The van der Waals surface area contributed by atoms with Gasteiger partial charge in [0.25, 0.3) is 0 Å². The summed E-state index contributed by atoms with van der Waals surface area (Å²) in [7, 11) is 1.35. The predicted molar refractivity (Wildman–Crippen MR) is 116 cm³/mol. The van der Waals surface area contributed by atoms with Gasteiger partial charge in [0.05, 0.1) is 24.3 Å². The van der Waals surface area contributed by atoms with Crippen LogP contribution >= 0.6 is 0 Å². The minimum absolute atomic E-state index is 0.000181. The summed E-state index contributed by atoms with van der Waals surface area (Å²) in [4.78, 5) is 25.8. The Morgan fingerprint density at radius 2 is 1.77 bits per heavy atom. The van der Waals surface area contributed by atoms with Crippen molar-refractivity contribution in [3.8, 4) is 0 Å². The van der Waals surface area contributed by atoms with Crippen molar-refractivity contribution in [3.63, 3.8) is 0 Å². The normalized spacial score (nSPS) is 23.4. The number of piperidine rings is 1. The van der Waals surface area contributed by atoms with Gasteiger partial charge in [-0.25, -0.2) is 9.59 Å². The standard InChI is InChI=1S/C25H29NO5/c1-30-23(27)20-9-11-21(12-10-20)25(15-18-5-3-2-4-6-18)16-22(31-17-19-7-8-19)13-14-26(25)24(28)29/h2-6,9-12,19,22H,7-8,13-17H2,1H3,(H,28,29)/t22-,25-/m0/s1. The van der Waals surface area contributed by atoms with E-state index in [0.717, 1.165) is 17.7 Å². The van der Waals surface area contributed by atoms with Crippen molar-refractivity contribution in [3.05, 3.63) is 71.3 Å². The number of rotatable bonds is 7. The molecular formula is C25H29NO5. The van der Waals surface area contributed by atoms with Gasteiger partial charge in [0.15, 0.2) is 0 Å². The van der Waals surface area contributed by atoms with Crippen LogP contribution in [0.3, 0.4) is 0 Å². The highest BCUT2D eigenvalue weighted by molar-refractivity contribution is 5.89. The lowest BCUT2D eigenvalue weighted by atomic mass is 9.75. The lowest BCUT2D eigenvalue weighted by Gasteiger charge is -2.49. The fraction of sp³-hybridized carbons (Fsp3) is 0.440. The molecule has 1 heterocycles. The van der Waals surface area contributed by atoms with E-state index in [1.165, 1.54) is 20.0 Å². The molecule has 0 unspecified atom stereocenters. The van der Waals surface area contributed by atoms with Gasteiger partial charge >= 0.3 is 12.1 Å². The minimum Gasteiger partial charge on any atom is -0.465 e. The molecule has 1 aliphatic heterocycles. The molecule has 0 aromatic heterocycles. The first kappa shape index (κ1) is 21.4. The highest BCUT2D eigenvalue weighted by Crippen LogP contribution is 2.42. The van der Waals surface area contributed by atoms with E-state index in [4.69, 9.17) is 9.47 Å². The number of carbonyl (C=O) groups excluding carboxylic acids is 1. The third-order valence-corrected chi connectivity index (χ3v) is 6.43. The number of nitrogens with zero attached hydrogens (tertiary/aromatic N) is 1. The minimum atomic E-state index is -0.936. The van der Waals surface area contributed by atoms with Crippen LogP contribution in [0, 0.1) is 5.92 Å². The van der Waals surface area contributed by atoms with Gasteiger partial charge in [-0.2, -0.15) is 0 Å². The molecule has 2 aromatic carbocycles. The van der Waals surface area contributed by atoms with E-state index in [1.54, 1.807) is 17.0 Å². The van der Waals surface area contributed by atoms with Crippen LogP contribution in [0.25, 0.3) is 0 Å². The summed E-state index contributed by atoms with van der Waals surface area (Å²) in [5.74, 6) is 0.244. The third kappa shape index (κ3) is 4.74. The molecule has 2 aromatic rings. The zero-order chi connectivity index (χ0) is 21.8. The number of ether oxygens (including phenoxy) is 2. The zero-order valence-electron chi connectivity index (χ0n) is 17.8. The number of likely N-dealkylation sites (tertiary alicyclic amines) is 1. The van der Waals surface area contributed by atoms with Crippen LogP contribution in [0.2, 0.25) is 0 Å². The van der Waals surface area contributed by atoms with Crippen LogP contribution in [0.5, 0.6) is 0 Å². The molecule has 2 aliphatic rings. The molecule has 1 saturated heterocycles. The lowest BCUT2D eigenvalue weighted by molar-refractivity contribution is -0.0529. The molecule has 31 heavy (non-hydrogen) atoms. The quantitative estimate of drug-likeness (QED) is 0.665. The second-order valence-electron chi connectivity index (χ2n) is 8.59. The molecule has 2 fully saturated rings. The van der Waals surface area contributed by atoms with Gasteiger partial charge in [-0.3, -0.25) is 4.90 Å². The Labute approximate surface area is 182 Å². The summed E-state index contributed by atoms with van der Waals surface area (Å²) in [6.07, 6.45) is 3.32. The molecule has 0 spiro atoms. The molecule has 6 nitrogen and oxygen atoms in total. The Hall–Kier alpha value is -2.86. The van der Waals surface area contributed by atoms with Gasteiger partial charge < -0.3 is 14.6 Å². The maximum atomic E-state index is 12.3. The van der Waals surface area contributed by atoms with Crippen molar-refractivity contribution < 1.29 is 24.2 Å². The second-order valence-corrected chi connectivity index (χ2v) is 8.59. The topological polar surface area (TPSA) is 76.1 Å². The lowest BCUT2D eigenvalue weighted by Crippen LogP contribution is -2.56. The van der Waals surface area contributed by atoms with Crippen molar-refractivity contribution in [2.75, 3.05) is 20.3 Å². The van der Waals surface area contributed by atoms with Crippen LogP contribution in [-0.4, -0.2) is 48.4 Å². The number of carboxylic acid groups (broad SMARTS) is 1. The van der Waals surface area contributed by atoms with Crippen molar-refractivity contribution >= 4 is 12.1 Å². The molecule has 2 atom stereocenters. The molecule has 0 bridgehead atoms. The van der Waals surface area contributed by atoms with E-state index < -0.39 is 17.6 Å². The maximum Gasteiger partial charge on any atom is 0.408 e. The average molecular weight is 424 g/mol. The number of hydrogen-bond acceptors (Lipinski definition) is 4. The molecule has 0 radical (unpaired) electrons. The summed E-state index contributed by atoms with van der Waals surface area (Å²) >= 11 is 0. The summed E-state index contributed by atoms with van der Waals surface area (Å²) in [5.41, 5.74) is 1.61. The number of methoxy groups -OCH3 is 1. The number of amides is 1. The Morgan fingerprint density at radius 3 is 2.39 bits per heavy atom. The van der Waals surface area contributed by atoms with Crippen LogP contribution in [0.4, 0.5) is 4.79 Å². The van der Waals surface area contributed by atoms with Gasteiger partial charge in [0, 0.05) is 26.0 Å². The monoisotopic (exact) mass is 423 g/mol. The van der Waals surface area contributed by atoms with E-state index in [9.17, 15) is 14.7 Å². The van der Waals surface area contributed by atoms with E-state index >= 15 is 0 Å². The van der Waals surface area contributed by atoms with Gasteiger partial charge in [-0.05, 0) is 48.4 Å². The summed E-state index contributed by atoms with van der Waals surface area (Å²) in [6.45, 7) is 1.16. The summed E-state index contributed by atoms with van der Waals surface area (Å²) in [6, 6.07) is 17.1. The molecular weight excluding hydrogens is 394 g/mol. The van der Waals surface area contributed by atoms with E-state index in [1.807, 2.05) is 42.5 Å². The molecule has 1 N–H and O–H groups in total. The molecule has 1 aliphatic carbocycles. The number of esters is 1. The summed E-state index contributed by atoms with van der Waals surface area (Å²) < 4.78 is 11.1. The Bertz CT molecular complexity index is 909. The first-order chi connectivity index (χ1) is 15.0. The molecule has 4 rings (SSSR count). The molecule has 1 amide bonds. The fourth-order valence-electron chi connectivity index (χ4n) is 4.56. The maximum absolute atomic E-state index is 12.3. The fourth-order valence-corrected chi connectivity index (χ4v) is 4.56. The second kappa shape index (κ2) is 9.10.